The van der Waals surface area contributed by atoms with Gasteiger partial charge >= 0.3 is 18.0 Å². The molecule has 0 aliphatic carbocycles. The van der Waals surface area contributed by atoms with Crippen molar-refractivity contribution in [3.63, 3.8) is 0 Å². The number of azide groups is 1. The smallest absolute Gasteiger partial charge is 0.449 e. The number of rotatable bonds is 11. The van der Waals surface area contributed by atoms with Crippen molar-refractivity contribution in [2.75, 3.05) is 83.6 Å². The number of imidazole rings is 2. The van der Waals surface area contributed by atoms with E-state index in [1.54, 1.807) is 42.5 Å². The molecule has 298 valence electrons. The molecule has 0 atom stereocenters. The van der Waals surface area contributed by atoms with E-state index in [-0.39, 0.29) is 40.3 Å². The lowest BCUT2D eigenvalue weighted by atomic mass is 10.2. The molecule has 0 spiro atoms. The highest BCUT2D eigenvalue weighted by molar-refractivity contribution is 5.82. The third kappa shape index (κ3) is 9.69. The molecule has 2 aliphatic rings. The van der Waals surface area contributed by atoms with Gasteiger partial charge in [0.15, 0.2) is 0 Å². The number of H-pyrrole nitrogens is 2. The van der Waals surface area contributed by atoms with Gasteiger partial charge in [0.05, 0.1) is 16.0 Å². The summed E-state index contributed by atoms with van der Waals surface area (Å²) in [4.78, 5) is 31.6. The average Bonchev–Trinajstić information content (AvgIpc) is 3.83. The molecular formula is C34H36F6N12O4. The average molecular weight is 791 g/mol. The summed E-state index contributed by atoms with van der Waals surface area (Å²) in [5.41, 5.74) is 9.68. The van der Waals surface area contributed by atoms with Gasteiger partial charge in [-0.2, -0.15) is 26.3 Å². The minimum Gasteiger partial charge on any atom is -0.490 e. The number of nitrogens with zero attached hydrogens (tertiary/aromatic N) is 9. The lowest BCUT2D eigenvalue weighted by molar-refractivity contribution is -0.383. The predicted octanol–water partition coefficient (Wildman–Crippen LogP) is 6.50. The lowest BCUT2D eigenvalue weighted by Gasteiger charge is -2.35. The van der Waals surface area contributed by atoms with Gasteiger partial charge in [0.25, 0.3) is 0 Å². The van der Waals surface area contributed by atoms with Gasteiger partial charge in [0, 0.05) is 70.4 Å². The van der Waals surface area contributed by atoms with Crippen molar-refractivity contribution in [1.82, 2.24) is 35.1 Å². The molecule has 22 heteroatoms. The van der Waals surface area contributed by atoms with Crippen molar-refractivity contribution in [3.8, 4) is 11.5 Å². The molecule has 2 aromatic heterocycles. The van der Waals surface area contributed by atoms with Crippen molar-refractivity contribution >= 4 is 39.1 Å². The Hall–Kier alpha value is -5.83. The number of nitro groups is 1. The Morgan fingerprint density at radius 3 is 1.75 bits per heavy atom. The van der Waals surface area contributed by atoms with Gasteiger partial charge in [-0.05, 0) is 41.9 Å². The van der Waals surface area contributed by atoms with E-state index in [0.29, 0.717) is 56.3 Å². The minimum absolute atomic E-state index is 0.0398. The number of nitrogens with one attached hydrogen (secondary N) is 3. The van der Waals surface area contributed by atoms with Crippen LogP contribution < -0.4 is 19.7 Å². The normalized spacial score (nSPS) is 15.6. The number of fused-ring (bicyclic) bond motifs is 2. The number of aromatic nitrogens is 4. The number of hydrogen-bond acceptors (Lipinski definition) is 11. The van der Waals surface area contributed by atoms with Gasteiger partial charge in [-0.3, -0.25) is 19.9 Å². The van der Waals surface area contributed by atoms with Crippen LogP contribution in [0, 0.1) is 10.1 Å². The molecule has 2 aliphatic heterocycles. The molecule has 56 heavy (non-hydrogen) atoms. The quantitative estimate of drug-likeness (QED) is 0.0333. The van der Waals surface area contributed by atoms with Crippen molar-refractivity contribution in [2.45, 2.75) is 12.4 Å². The molecule has 2 fully saturated rings. The van der Waals surface area contributed by atoms with Crippen molar-refractivity contribution in [2.24, 2.45) is 5.11 Å². The van der Waals surface area contributed by atoms with Crippen LogP contribution in [0.5, 0.6) is 11.5 Å². The van der Waals surface area contributed by atoms with E-state index in [9.17, 15) is 36.5 Å². The van der Waals surface area contributed by atoms with E-state index in [1.165, 1.54) is 12.1 Å². The van der Waals surface area contributed by atoms with Gasteiger partial charge in [-0.25, -0.2) is 9.97 Å². The first-order valence-corrected chi connectivity index (χ1v) is 17.4. The molecule has 16 nitrogen and oxygen atoms in total. The molecule has 7 rings (SSSR count). The lowest BCUT2D eigenvalue weighted by Crippen LogP contribution is -2.47. The highest BCUT2D eigenvalue weighted by Crippen LogP contribution is 2.38. The number of hydrogen-bond donors (Lipinski definition) is 3. The van der Waals surface area contributed by atoms with Crippen LogP contribution in [0.25, 0.3) is 32.5 Å². The van der Waals surface area contributed by atoms with Crippen molar-refractivity contribution in [1.29, 1.82) is 0 Å². The van der Waals surface area contributed by atoms with Crippen LogP contribution >= 0.6 is 0 Å². The molecule has 0 radical (unpaired) electrons. The second-order valence-electron chi connectivity index (χ2n) is 12.7. The summed E-state index contributed by atoms with van der Waals surface area (Å²) in [6, 6.07) is 14.1. The Morgan fingerprint density at radius 1 is 0.768 bits per heavy atom. The Kier molecular flexibility index (Phi) is 12.3. The topological polar surface area (TPSA) is 189 Å². The molecule has 0 unspecified atom stereocenters. The van der Waals surface area contributed by atoms with Crippen LogP contribution in [0.1, 0.15) is 11.6 Å². The molecule has 0 amide bonds. The number of halogens is 6. The van der Waals surface area contributed by atoms with Crippen LogP contribution in [0.2, 0.25) is 0 Å². The first kappa shape index (κ1) is 39.9. The van der Waals surface area contributed by atoms with E-state index in [0.717, 1.165) is 32.7 Å². The molecule has 0 saturated carbocycles. The molecule has 3 N–H and O–H groups in total. The molecule has 2 saturated heterocycles. The zero-order valence-corrected chi connectivity index (χ0v) is 29.6. The number of para-hydroxylation sites is 3. The fourth-order valence-corrected chi connectivity index (χ4v) is 6.32. The van der Waals surface area contributed by atoms with Crippen LogP contribution in [-0.4, -0.2) is 113 Å². The Bertz CT molecular complexity index is 2170. The van der Waals surface area contributed by atoms with Gasteiger partial charge in [0.2, 0.25) is 11.6 Å². The molecule has 3 aromatic carbocycles. The number of anilines is 1. The second-order valence-corrected chi connectivity index (χ2v) is 12.7. The predicted molar refractivity (Wildman–Crippen MR) is 193 cm³/mol. The van der Waals surface area contributed by atoms with E-state index >= 15 is 0 Å². The van der Waals surface area contributed by atoms with E-state index in [4.69, 9.17) is 15.0 Å². The maximum Gasteiger partial charge on any atom is 0.449 e. The van der Waals surface area contributed by atoms with Crippen LogP contribution in [0.4, 0.5) is 43.4 Å². The van der Waals surface area contributed by atoms with Gasteiger partial charge in [-0.1, -0.05) is 23.3 Å². The Labute approximate surface area is 314 Å². The first-order chi connectivity index (χ1) is 26.8. The van der Waals surface area contributed by atoms with E-state index in [2.05, 4.69) is 45.1 Å². The fourth-order valence-electron chi connectivity index (χ4n) is 6.32. The number of piperazine rings is 2. The van der Waals surface area contributed by atoms with Crippen molar-refractivity contribution < 1.29 is 40.7 Å². The number of alkyl halides is 6. The number of nitro benzene ring substituents is 1. The maximum atomic E-state index is 12.9. The third-order valence-electron chi connectivity index (χ3n) is 9.07. The minimum atomic E-state index is -4.58. The second kappa shape index (κ2) is 17.3. The highest BCUT2D eigenvalue weighted by atomic mass is 19.4. The summed E-state index contributed by atoms with van der Waals surface area (Å²) in [7, 11) is 0. The summed E-state index contributed by atoms with van der Waals surface area (Å²) in [5.74, 6) is -1.44. The zero-order chi connectivity index (χ0) is 39.9. The summed E-state index contributed by atoms with van der Waals surface area (Å²) >= 11 is 0. The number of aromatic amines is 2. The number of benzene rings is 3. The zero-order valence-electron chi connectivity index (χ0n) is 29.6. The molecule has 0 bridgehead atoms. The van der Waals surface area contributed by atoms with Gasteiger partial charge in [-0.15, -0.1) is 0 Å². The monoisotopic (exact) mass is 790 g/mol. The van der Waals surface area contributed by atoms with Gasteiger partial charge < -0.3 is 29.7 Å². The van der Waals surface area contributed by atoms with Crippen molar-refractivity contribution in [3.05, 3.63) is 86.8 Å². The standard InChI is InChI=1S/C20H19F3N8O3.C14H17F3N4O/c21-20(22,23)19-25-13-3-2-6-16(17(13)26-19)34-12-11-29-7-9-30(10-8-29)15-5-1-4-14(27-28-24)18(15)31(32)33;15-14(16,17)13-19-10-2-1-3-11(12(10)20-13)22-9-8-21-6-4-18-5-7-21/h1-6H,7-12H2,(H,25,26);1-3,18H,4-9H2,(H,19,20). The third-order valence-corrected chi connectivity index (χ3v) is 9.07. The largest absolute Gasteiger partial charge is 0.490 e. The Balaban J connectivity index is 0.000000208. The Morgan fingerprint density at radius 2 is 1.27 bits per heavy atom. The molecular weight excluding hydrogens is 754 g/mol. The fraction of sp³-hybridized carbons (Fsp3) is 0.412. The molecule has 5 aromatic rings. The van der Waals surface area contributed by atoms with E-state index in [1.807, 2.05) is 4.90 Å². The van der Waals surface area contributed by atoms with Crippen LogP contribution in [0.15, 0.2) is 59.7 Å². The van der Waals surface area contributed by atoms with Crippen LogP contribution in [0.3, 0.4) is 0 Å². The van der Waals surface area contributed by atoms with E-state index < -0.39 is 28.9 Å². The maximum absolute atomic E-state index is 12.9. The summed E-state index contributed by atoms with van der Waals surface area (Å²) in [6.07, 6.45) is -9.07. The van der Waals surface area contributed by atoms with Gasteiger partial charge in [0.1, 0.15) is 47.1 Å². The molecule has 4 heterocycles. The van der Waals surface area contributed by atoms with Crippen LogP contribution in [-0.2, 0) is 12.4 Å². The highest BCUT2D eigenvalue weighted by Gasteiger charge is 2.36. The number of ether oxygens (including phenoxy) is 2. The summed E-state index contributed by atoms with van der Waals surface area (Å²) < 4.78 is 88.3. The first-order valence-electron chi connectivity index (χ1n) is 17.4. The SMILES string of the molecule is FC(F)(F)c1nc2c(OCCN3CCNCC3)cccc2[nH]1.[N-]=[N+]=Nc1cccc(N2CCN(CCOc3cccc4[nH]c(C(F)(F)F)nc34)CC2)c1[N+](=O)[O-]. The summed E-state index contributed by atoms with van der Waals surface area (Å²) in [6.45, 7) is 7.92. The summed E-state index contributed by atoms with van der Waals surface area (Å²) in [5, 5.41) is 18.2.